The van der Waals surface area contributed by atoms with Crippen LogP contribution in [-0.4, -0.2) is 42.5 Å². The number of ether oxygens (including phenoxy) is 3. The Bertz CT molecular complexity index is 1190. The lowest BCUT2D eigenvalue weighted by Crippen LogP contribution is -2.14. The fraction of sp³-hybridized carbons (Fsp3) is 0.320. The number of nitrogens with one attached hydrogen (secondary N) is 1. The predicted molar refractivity (Wildman–Crippen MR) is 130 cm³/mol. The molecule has 0 aliphatic carbocycles. The van der Waals surface area contributed by atoms with Crippen molar-refractivity contribution in [2.75, 3.05) is 26.1 Å². The van der Waals surface area contributed by atoms with Crippen LogP contribution in [0.4, 0.5) is 5.69 Å². The van der Waals surface area contributed by atoms with Crippen molar-refractivity contribution in [3.8, 4) is 11.5 Å². The molecule has 2 aromatic carbocycles. The molecule has 0 saturated heterocycles. The summed E-state index contributed by atoms with van der Waals surface area (Å²) in [6.07, 6.45) is 0. The van der Waals surface area contributed by atoms with Gasteiger partial charge in [0.25, 0.3) is 5.91 Å². The molecule has 1 amide bonds. The van der Waals surface area contributed by atoms with Crippen molar-refractivity contribution in [3.63, 3.8) is 0 Å². The van der Waals surface area contributed by atoms with Gasteiger partial charge in [0.05, 0.1) is 27.4 Å². The maximum Gasteiger partial charge on any atom is 0.341 e. The van der Waals surface area contributed by atoms with Crippen molar-refractivity contribution in [2.45, 2.75) is 27.3 Å². The first-order valence-corrected chi connectivity index (χ1v) is 11.1. The van der Waals surface area contributed by atoms with E-state index >= 15 is 0 Å². The molecule has 9 heteroatoms. The Morgan fingerprint density at radius 1 is 1.09 bits per heavy atom. The predicted octanol–water partition coefficient (Wildman–Crippen LogP) is 4.98. The van der Waals surface area contributed by atoms with Crippen LogP contribution in [0, 0.1) is 12.8 Å². The van der Waals surface area contributed by atoms with E-state index in [4.69, 9.17) is 25.8 Å². The summed E-state index contributed by atoms with van der Waals surface area (Å²) in [5.41, 5.74) is 2.65. The van der Waals surface area contributed by atoms with Crippen LogP contribution in [0.15, 0.2) is 42.5 Å². The molecule has 180 valence electrons. The molecular formula is C25H28ClN3O5. The lowest BCUT2D eigenvalue weighted by atomic mass is 10.1. The van der Waals surface area contributed by atoms with Crippen molar-refractivity contribution < 1.29 is 23.8 Å². The van der Waals surface area contributed by atoms with Crippen LogP contribution >= 0.6 is 11.6 Å². The average Bonchev–Trinajstić information content (AvgIpc) is 3.18. The maximum atomic E-state index is 12.8. The van der Waals surface area contributed by atoms with Crippen LogP contribution in [0.3, 0.4) is 0 Å². The molecule has 0 fully saturated rings. The number of halogens is 1. The summed E-state index contributed by atoms with van der Waals surface area (Å²) in [7, 11) is 2.73. The summed E-state index contributed by atoms with van der Waals surface area (Å²) < 4.78 is 17.6. The van der Waals surface area contributed by atoms with Crippen molar-refractivity contribution in [1.82, 2.24) is 9.78 Å². The van der Waals surface area contributed by atoms with Gasteiger partial charge in [0, 0.05) is 28.0 Å². The van der Waals surface area contributed by atoms with Gasteiger partial charge < -0.3 is 19.5 Å². The molecule has 1 heterocycles. The number of benzene rings is 2. The van der Waals surface area contributed by atoms with Gasteiger partial charge in [-0.1, -0.05) is 25.4 Å². The van der Waals surface area contributed by atoms with Gasteiger partial charge in [-0.15, -0.1) is 0 Å². The van der Waals surface area contributed by atoms with E-state index in [9.17, 15) is 9.59 Å². The zero-order valence-corrected chi connectivity index (χ0v) is 20.6. The summed E-state index contributed by atoms with van der Waals surface area (Å²) >= 11 is 6.21. The van der Waals surface area contributed by atoms with Gasteiger partial charge in [0.1, 0.15) is 17.1 Å². The van der Waals surface area contributed by atoms with Gasteiger partial charge in [0.15, 0.2) is 5.69 Å². The molecule has 0 saturated carbocycles. The number of aromatic nitrogens is 2. The van der Waals surface area contributed by atoms with Crippen LogP contribution in [0.5, 0.6) is 11.5 Å². The van der Waals surface area contributed by atoms with Crippen LogP contribution in [0.2, 0.25) is 5.02 Å². The summed E-state index contributed by atoms with van der Waals surface area (Å²) in [5.74, 6) is 0.488. The lowest BCUT2D eigenvalue weighted by Gasteiger charge is -2.14. The maximum absolute atomic E-state index is 12.8. The highest BCUT2D eigenvalue weighted by Gasteiger charge is 2.17. The molecule has 1 N–H and O–H groups in total. The molecule has 0 unspecified atom stereocenters. The van der Waals surface area contributed by atoms with E-state index in [2.05, 4.69) is 24.3 Å². The normalized spacial score (nSPS) is 10.8. The second-order valence-electron chi connectivity index (χ2n) is 8.15. The number of hydrogen-bond donors (Lipinski definition) is 1. The Morgan fingerprint density at radius 3 is 2.53 bits per heavy atom. The van der Waals surface area contributed by atoms with E-state index in [0.717, 1.165) is 17.0 Å². The van der Waals surface area contributed by atoms with Gasteiger partial charge in [-0.05, 0) is 49.2 Å². The molecule has 1 aromatic heterocycles. The number of amides is 1. The first-order chi connectivity index (χ1) is 16.2. The number of aryl methyl sites for hydroxylation is 1. The second-order valence-corrected chi connectivity index (χ2v) is 8.58. The second kappa shape index (κ2) is 11.1. The van der Waals surface area contributed by atoms with Crippen LogP contribution < -0.4 is 14.8 Å². The molecule has 0 radical (unpaired) electrons. The van der Waals surface area contributed by atoms with E-state index in [1.807, 2.05) is 19.1 Å². The summed E-state index contributed by atoms with van der Waals surface area (Å²) in [4.78, 5) is 24.7. The van der Waals surface area contributed by atoms with E-state index < -0.39 is 11.9 Å². The Balaban J connectivity index is 1.78. The summed E-state index contributed by atoms with van der Waals surface area (Å²) in [6.45, 7) is 7.01. The van der Waals surface area contributed by atoms with Crippen molar-refractivity contribution in [2.24, 2.45) is 5.92 Å². The minimum absolute atomic E-state index is 0.250. The molecule has 34 heavy (non-hydrogen) atoms. The van der Waals surface area contributed by atoms with Gasteiger partial charge in [0.2, 0.25) is 0 Å². The van der Waals surface area contributed by atoms with Crippen LogP contribution in [0.1, 0.15) is 46.0 Å². The third-order valence-electron chi connectivity index (χ3n) is 4.99. The minimum atomic E-state index is -0.526. The molecular weight excluding hydrogens is 458 g/mol. The molecule has 0 atom stereocenters. The van der Waals surface area contributed by atoms with Crippen molar-refractivity contribution in [1.29, 1.82) is 0 Å². The van der Waals surface area contributed by atoms with E-state index in [0.29, 0.717) is 35.5 Å². The molecule has 8 nitrogen and oxygen atoms in total. The highest BCUT2D eigenvalue weighted by atomic mass is 35.5. The standard InChI is InChI=1S/C25H28ClN3O5/c1-15(2)14-34-22-9-6-18(26)11-17(22)13-29-16(3)10-21(28-29)24(30)27-19-7-8-20(25(31)33-5)23(12-19)32-4/h6-12,15H,13-14H2,1-5H3,(H,27,30). The molecule has 0 aliphatic heterocycles. The first kappa shape index (κ1) is 25.1. The molecule has 3 rings (SSSR count). The molecule has 3 aromatic rings. The zero-order valence-electron chi connectivity index (χ0n) is 19.8. The summed E-state index contributed by atoms with van der Waals surface area (Å²) in [6, 6.07) is 11.9. The number of carbonyl (C=O) groups is 2. The van der Waals surface area contributed by atoms with Gasteiger partial charge in [-0.3, -0.25) is 9.48 Å². The number of rotatable bonds is 9. The number of esters is 1. The summed E-state index contributed by atoms with van der Waals surface area (Å²) in [5, 5.41) is 7.85. The van der Waals surface area contributed by atoms with Crippen LogP contribution in [0.25, 0.3) is 0 Å². The minimum Gasteiger partial charge on any atom is -0.496 e. The number of hydrogen-bond acceptors (Lipinski definition) is 6. The zero-order chi connectivity index (χ0) is 24.8. The molecule has 0 spiro atoms. The fourth-order valence-corrected chi connectivity index (χ4v) is 3.45. The van der Waals surface area contributed by atoms with E-state index in [1.165, 1.54) is 20.3 Å². The molecule has 0 bridgehead atoms. The SMILES string of the molecule is COC(=O)c1ccc(NC(=O)c2cc(C)n(Cc3cc(Cl)ccc3OCC(C)C)n2)cc1OC. The Morgan fingerprint density at radius 2 is 1.85 bits per heavy atom. The van der Waals surface area contributed by atoms with Crippen molar-refractivity contribution in [3.05, 3.63) is 70.0 Å². The highest BCUT2D eigenvalue weighted by Crippen LogP contribution is 2.26. The largest absolute Gasteiger partial charge is 0.496 e. The Kier molecular flexibility index (Phi) is 8.17. The quantitative estimate of drug-likeness (QED) is 0.430. The molecule has 0 aliphatic rings. The average molecular weight is 486 g/mol. The van der Waals surface area contributed by atoms with Gasteiger partial charge in [-0.25, -0.2) is 4.79 Å². The van der Waals surface area contributed by atoms with Crippen molar-refractivity contribution >= 4 is 29.2 Å². The smallest absolute Gasteiger partial charge is 0.341 e. The van der Waals surface area contributed by atoms with Gasteiger partial charge in [-0.2, -0.15) is 5.10 Å². The number of methoxy groups -OCH3 is 2. The lowest BCUT2D eigenvalue weighted by molar-refractivity contribution is 0.0597. The number of carbonyl (C=O) groups excluding carboxylic acids is 2. The first-order valence-electron chi connectivity index (χ1n) is 10.7. The number of nitrogens with zero attached hydrogens (tertiary/aromatic N) is 2. The number of anilines is 1. The van der Waals surface area contributed by atoms with Crippen LogP contribution in [-0.2, 0) is 11.3 Å². The van der Waals surface area contributed by atoms with E-state index in [-0.39, 0.29) is 11.3 Å². The highest BCUT2D eigenvalue weighted by molar-refractivity contribution is 6.30. The Labute approximate surface area is 203 Å². The topological polar surface area (TPSA) is 91.7 Å². The van der Waals surface area contributed by atoms with Gasteiger partial charge >= 0.3 is 5.97 Å². The third kappa shape index (κ3) is 6.08. The van der Waals surface area contributed by atoms with E-state index in [1.54, 1.807) is 28.9 Å². The Hall–Kier alpha value is -3.52. The third-order valence-corrected chi connectivity index (χ3v) is 5.23. The monoisotopic (exact) mass is 485 g/mol. The fourth-order valence-electron chi connectivity index (χ4n) is 3.25.